The van der Waals surface area contributed by atoms with Gasteiger partial charge in [0.25, 0.3) is 0 Å². The highest BCUT2D eigenvalue weighted by molar-refractivity contribution is 6.31. The van der Waals surface area contributed by atoms with Crippen LogP contribution in [0.25, 0.3) is 10.9 Å². The predicted molar refractivity (Wildman–Crippen MR) is 76.4 cm³/mol. The number of hydrogen-bond donors (Lipinski definition) is 2. The molecule has 1 atom stereocenters. The molecule has 0 saturated carbocycles. The Labute approximate surface area is 116 Å². The number of amides is 1. The maximum absolute atomic E-state index is 11.2. The van der Waals surface area contributed by atoms with Crippen molar-refractivity contribution in [3.8, 4) is 0 Å². The Morgan fingerprint density at radius 2 is 2.32 bits per heavy atom. The largest absolute Gasteiger partial charge is 0.382 e. The summed E-state index contributed by atoms with van der Waals surface area (Å²) in [5.74, 6) is 0.137. The first kappa shape index (κ1) is 12.2. The average Bonchev–Trinajstić information content (AvgIpc) is 2.81. The van der Waals surface area contributed by atoms with Crippen molar-refractivity contribution in [2.75, 3.05) is 11.9 Å². The van der Waals surface area contributed by atoms with E-state index in [-0.39, 0.29) is 11.9 Å². The zero-order valence-corrected chi connectivity index (χ0v) is 11.1. The molecule has 0 radical (unpaired) electrons. The fourth-order valence-corrected chi connectivity index (χ4v) is 2.51. The van der Waals surface area contributed by atoms with Gasteiger partial charge in [0.05, 0.1) is 5.52 Å². The Morgan fingerprint density at radius 3 is 3.11 bits per heavy atom. The quantitative estimate of drug-likeness (QED) is 0.905. The van der Waals surface area contributed by atoms with E-state index in [0.29, 0.717) is 11.4 Å². The molecule has 1 saturated heterocycles. The Bertz CT molecular complexity index is 629. The summed E-state index contributed by atoms with van der Waals surface area (Å²) in [6, 6.07) is 7.81. The fraction of sp³-hybridized carbons (Fsp3) is 0.286. The van der Waals surface area contributed by atoms with Crippen molar-refractivity contribution in [3.63, 3.8) is 0 Å². The van der Waals surface area contributed by atoms with Crippen LogP contribution >= 0.6 is 11.6 Å². The van der Waals surface area contributed by atoms with E-state index in [2.05, 4.69) is 15.6 Å². The Kier molecular flexibility index (Phi) is 3.25. The minimum Gasteiger partial charge on any atom is -0.382 e. The third-order valence-electron chi connectivity index (χ3n) is 3.33. The number of carbonyl (C=O) groups is 1. The summed E-state index contributed by atoms with van der Waals surface area (Å²) in [7, 11) is 0. The molecule has 0 unspecified atom stereocenters. The number of hydrogen-bond acceptors (Lipinski definition) is 3. The van der Waals surface area contributed by atoms with E-state index in [1.807, 2.05) is 24.3 Å². The standard InChI is InChI=1S/C14H14ClN3O/c15-9-1-3-11-12(5-6-16-13(11)7-9)17-8-10-2-4-14(19)18-10/h1,3,5-7,10H,2,4,8H2,(H,16,17)(H,18,19)/t10-/m1/s1. The van der Waals surface area contributed by atoms with Gasteiger partial charge in [-0.25, -0.2) is 0 Å². The number of anilines is 1. The number of fused-ring (bicyclic) bond motifs is 1. The van der Waals surface area contributed by atoms with Gasteiger partial charge in [0.1, 0.15) is 0 Å². The number of nitrogens with zero attached hydrogens (tertiary/aromatic N) is 1. The molecular formula is C14H14ClN3O. The van der Waals surface area contributed by atoms with Crippen LogP contribution in [-0.2, 0) is 4.79 Å². The summed E-state index contributed by atoms with van der Waals surface area (Å²) in [6.07, 6.45) is 3.27. The van der Waals surface area contributed by atoms with E-state index < -0.39 is 0 Å². The number of benzene rings is 1. The molecule has 2 heterocycles. The Morgan fingerprint density at radius 1 is 1.42 bits per heavy atom. The topological polar surface area (TPSA) is 54.0 Å². The second-order valence-corrected chi connectivity index (χ2v) is 5.14. The monoisotopic (exact) mass is 275 g/mol. The summed E-state index contributed by atoms with van der Waals surface area (Å²) in [5, 5.41) is 8.03. The van der Waals surface area contributed by atoms with Crippen molar-refractivity contribution in [1.29, 1.82) is 0 Å². The molecule has 1 aromatic carbocycles. The van der Waals surface area contributed by atoms with E-state index in [4.69, 9.17) is 11.6 Å². The summed E-state index contributed by atoms with van der Waals surface area (Å²) < 4.78 is 0. The Balaban J connectivity index is 1.79. The molecule has 4 nitrogen and oxygen atoms in total. The van der Waals surface area contributed by atoms with Gasteiger partial charge < -0.3 is 10.6 Å². The van der Waals surface area contributed by atoms with E-state index in [1.165, 1.54) is 0 Å². The summed E-state index contributed by atoms with van der Waals surface area (Å²) in [6.45, 7) is 0.730. The van der Waals surface area contributed by atoms with Crippen LogP contribution < -0.4 is 10.6 Å². The highest BCUT2D eigenvalue weighted by atomic mass is 35.5. The molecule has 3 rings (SSSR count). The molecule has 0 aliphatic carbocycles. The van der Waals surface area contributed by atoms with Gasteiger partial charge >= 0.3 is 0 Å². The minimum absolute atomic E-state index is 0.137. The van der Waals surface area contributed by atoms with Crippen molar-refractivity contribution >= 4 is 34.1 Å². The van der Waals surface area contributed by atoms with Gasteiger partial charge in [0, 0.05) is 41.3 Å². The zero-order valence-electron chi connectivity index (χ0n) is 10.3. The Hall–Kier alpha value is -1.81. The molecule has 1 aliphatic heterocycles. The lowest BCUT2D eigenvalue weighted by molar-refractivity contribution is -0.119. The summed E-state index contributed by atoms with van der Waals surface area (Å²) in [5.41, 5.74) is 1.88. The van der Waals surface area contributed by atoms with Crippen molar-refractivity contribution in [1.82, 2.24) is 10.3 Å². The molecule has 5 heteroatoms. The summed E-state index contributed by atoms with van der Waals surface area (Å²) >= 11 is 5.96. The first-order valence-corrected chi connectivity index (χ1v) is 6.68. The third kappa shape index (κ3) is 2.63. The van der Waals surface area contributed by atoms with Crippen molar-refractivity contribution in [2.24, 2.45) is 0 Å². The molecule has 2 aromatic rings. The van der Waals surface area contributed by atoms with Crippen LogP contribution in [0.4, 0.5) is 5.69 Å². The van der Waals surface area contributed by atoms with Crippen LogP contribution in [0.1, 0.15) is 12.8 Å². The molecule has 1 aromatic heterocycles. The second kappa shape index (κ2) is 5.05. The van der Waals surface area contributed by atoms with E-state index in [1.54, 1.807) is 6.20 Å². The lowest BCUT2D eigenvalue weighted by atomic mass is 10.1. The molecule has 2 N–H and O–H groups in total. The first-order chi connectivity index (χ1) is 9.22. The highest BCUT2D eigenvalue weighted by Crippen LogP contribution is 2.24. The average molecular weight is 276 g/mol. The normalized spacial score (nSPS) is 18.6. The highest BCUT2D eigenvalue weighted by Gasteiger charge is 2.20. The van der Waals surface area contributed by atoms with Crippen molar-refractivity contribution in [3.05, 3.63) is 35.5 Å². The fourth-order valence-electron chi connectivity index (χ4n) is 2.34. The van der Waals surface area contributed by atoms with Crippen molar-refractivity contribution < 1.29 is 4.79 Å². The molecule has 1 aliphatic rings. The number of carbonyl (C=O) groups excluding carboxylic acids is 1. The van der Waals surface area contributed by atoms with Crippen LogP contribution in [0.3, 0.4) is 0 Å². The summed E-state index contributed by atoms with van der Waals surface area (Å²) in [4.78, 5) is 15.5. The molecule has 1 fully saturated rings. The number of aromatic nitrogens is 1. The second-order valence-electron chi connectivity index (χ2n) is 4.70. The van der Waals surface area contributed by atoms with Gasteiger partial charge in [-0.2, -0.15) is 0 Å². The van der Waals surface area contributed by atoms with Crippen LogP contribution in [0.15, 0.2) is 30.5 Å². The van der Waals surface area contributed by atoms with Gasteiger partial charge in [-0.1, -0.05) is 11.6 Å². The number of pyridine rings is 1. The zero-order chi connectivity index (χ0) is 13.2. The van der Waals surface area contributed by atoms with Gasteiger partial charge in [-0.3, -0.25) is 9.78 Å². The molecule has 98 valence electrons. The lowest BCUT2D eigenvalue weighted by Gasteiger charge is -2.14. The molecule has 19 heavy (non-hydrogen) atoms. The SMILES string of the molecule is O=C1CC[C@H](CNc2ccnc3cc(Cl)ccc23)N1. The third-order valence-corrected chi connectivity index (χ3v) is 3.56. The van der Waals surface area contributed by atoms with Crippen molar-refractivity contribution in [2.45, 2.75) is 18.9 Å². The van der Waals surface area contributed by atoms with Gasteiger partial charge in [0.15, 0.2) is 0 Å². The van der Waals surface area contributed by atoms with Gasteiger partial charge in [-0.15, -0.1) is 0 Å². The van der Waals surface area contributed by atoms with Gasteiger partial charge in [-0.05, 0) is 30.7 Å². The maximum Gasteiger partial charge on any atom is 0.220 e. The lowest BCUT2D eigenvalue weighted by Crippen LogP contribution is -2.31. The van der Waals surface area contributed by atoms with E-state index in [9.17, 15) is 4.79 Å². The number of rotatable bonds is 3. The predicted octanol–water partition coefficient (Wildman–Crippen LogP) is 2.58. The van der Waals surface area contributed by atoms with Gasteiger partial charge in [0.2, 0.25) is 5.91 Å². The smallest absolute Gasteiger partial charge is 0.220 e. The molecular weight excluding hydrogens is 262 g/mol. The van der Waals surface area contributed by atoms with Crippen LogP contribution in [-0.4, -0.2) is 23.5 Å². The van der Waals surface area contributed by atoms with Crippen LogP contribution in [0.2, 0.25) is 5.02 Å². The first-order valence-electron chi connectivity index (χ1n) is 6.30. The minimum atomic E-state index is 0.137. The van der Waals surface area contributed by atoms with E-state index >= 15 is 0 Å². The molecule has 0 bridgehead atoms. The number of nitrogens with one attached hydrogen (secondary N) is 2. The van der Waals surface area contributed by atoms with Crippen LogP contribution in [0, 0.1) is 0 Å². The number of halogens is 1. The van der Waals surface area contributed by atoms with E-state index in [0.717, 1.165) is 29.6 Å². The molecule has 1 amide bonds. The molecule has 0 spiro atoms. The maximum atomic E-state index is 11.2. The van der Waals surface area contributed by atoms with Crippen LogP contribution in [0.5, 0.6) is 0 Å².